The first-order chi connectivity index (χ1) is 17.9. The molecule has 1 aliphatic carbocycles. The highest BCUT2D eigenvalue weighted by Gasteiger charge is 2.36. The Kier molecular flexibility index (Phi) is 7.63. The molecular formula is C24H28N6O5S2. The number of hydrogen-bond acceptors (Lipinski definition) is 10. The lowest BCUT2D eigenvalue weighted by molar-refractivity contribution is 0.0508. The van der Waals surface area contributed by atoms with Crippen molar-refractivity contribution in [2.24, 2.45) is 5.92 Å². The summed E-state index contributed by atoms with van der Waals surface area (Å²) in [7, 11) is -3.42. The molecular weight excluding hydrogens is 516 g/mol. The summed E-state index contributed by atoms with van der Waals surface area (Å²) >= 11 is 1.21. The number of thiazole rings is 1. The van der Waals surface area contributed by atoms with E-state index in [1.165, 1.54) is 17.5 Å². The van der Waals surface area contributed by atoms with Gasteiger partial charge in [-0.15, -0.1) is 11.3 Å². The molecule has 2 fully saturated rings. The van der Waals surface area contributed by atoms with E-state index in [2.05, 4.69) is 30.0 Å². The van der Waals surface area contributed by atoms with Gasteiger partial charge < -0.3 is 14.8 Å². The summed E-state index contributed by atoms with van der Waals surface area (Å²) in [5.41, 5.74) is 1.59. The molecule has 0 aromatic carbocycles. The van der Waals surface area contributed by atoms with Gasteiger partial charge in [-0.25, -0.2) is 18.4 Å². The van der Waals surface area contributed by atoms with Crippen LogP contribution in [0.2, 0.25) is 0 Å². The standard InChI is InChI=1S/C24H28N6O5S2/c1-2-35-21-14-25-12-19(28-21)20-13-27-24(36-20)23(31)29-22(15-6-9-34-10-7-15)18-11-16(5-8-26-18)30-37(32,33)17-3-4-17/h5,8,11-15,17,22H,2-4,6-7,9-10H2,1H3,(H,26,30)(H,29,31). The van der Waals surface area contributed by atoms with Gasteiger partial charge in [-0.1, -0.05) is 0 Å². The molecule has 1 amide bonds. The molecule has 0 radical (unpaired) electrons. The lowest BCUT2D eigenvalue weighted by Crippen LogP contribution is -2.36. The molecule has 1 saturated carbocycles. The van der Waals surface area contributed by atoms with Crippen LogP contribution in [0.3, 0.4) is 0 Å². The summed E-state index contributed by atoms with van der Waals surface area (Å²) in [6.07, 6.45) is 9.11. The van der Waals surface area contributed by atoms with Crippen molar-refractivity contribution in [1.29, 1.82) is 0 Å². The molecule has 0 spiro atoms. The maximum absolute atomic E-state index is 13.3. The highest BCUT2D eigenvalue weighted by molar-refractivity contribution is 7.93. The zero-order chi connectivity index (χ0) is 25.8. The topological polar surface area (TPSA) is 145 Å². The molecule has 3 aromatic heterocycles. The zero-order valence-electron chi connectivity index (χ0n) is 20.3. The summed E-state index contributed by atoms with van der Waals surface area (Å²) < 4.78 is 38.5. The summed E-state index contributed by atoms with van der Waals surface area (Å²) in [4.78, 5) is 31.4. The Morgan fingerprint density at radius 2 is 2.00 bits per heavy atom. The second-order valence-corrected chi connectivity index (χ2v) is 11.9. The molecule has 5 rings (SSSR count). The average Bonchev–Trinajstić information content (AvgIpc) is 3.66. The molecule has 3 aromatic rings. The predicted octanol–water partition coefficient (Wildman–Crippen LogP) is 3.20. The predicted molar refractivity (Wildman–Crippen MR) is 138 cm³/mol. The molecule has 1 aliphatic heterocycles. The van der Waals surface area contributed by atoms with Gasteiger partial charge in [-0.2, -0.15) is 0 Å². The number of pyridine rings is 1. The molecule has 0 bridgehead atoms. The Morgan fingerprint density at radius 1 is 1.19 bits per heavy atom. The molecule has 1 atom stereocenters. The van der Waals surface area contributed by atoms with Crippen molar-refractivity contribution in [1.82, 2.24) is 25.3 Å². The number of amides is 1. The van der Waals surface area contributed by atoms with E-state index in [9.17, 15) is 13.2 Å². The third-order valence-corrected chi connectivity index (χ3v) is 9.09. The van der Waals surface area contributed by atoms with E-state index < -0.39 is 16.1 Å². The van der Waals surface area contributed by atoms with Crippen molar-refractivity contribution < 1.29 is 22.7 Å². The normalized spacial score (nSPS) is 17.2. The maximum Gasteiger partial charge on any atom is 0.280 e. The van der Waals surface area contributed by atoms with Gasteiger partial charge in [0, 0.05) is 25.6 Å². The third-order valence-electron chi connectivity index (χ3n) is 6.20. The van der Waals surface area contributed by atoms with Crippen LogP contribution in [0.5, 0.6) is 5.88 Å². The van der Waals surface area contributed by atoms with Crippen molar-refractivity contribution in [2.45, 2.75) is 43.9 Å². The number of sulfonamides is 1. The summed E-state index contributed by atoms with van der Waals surface area (Å²) in [5, 5.41) is 3.03. The first-order valence-corrected chi connectivity index (χ1v) is 14.6. The molecule has 2 N–H and O–H groups in total. The van der Waals surface area contributed by atoms with Gasteiger partial charge >= 0.3 is 0 Å². The first-order valence-electron chi connectivity index (χ1n) is 12.2. The fourth-order valence-electron chi connectivity index (χ4n) is 4.17. The zero-order valence-corrected chi connectivity index (χ0v) is 21.9. The van der Waals surface area contributed by atoms with Crippen molar-refractivity contribution in [3.63, 3.8) is 0 Å². The van der Waals surface area contributed by atoms with Crippen molar-refractivity contribution in [2.75, 3.05) is 24.5 Å². The second kappa shape index (κ2) is 11.1. The van der Waals surface area contributed by atoms with Gasteiger partial charge in [0.15, 0.2) is 5.01 Å². The fraction of sp³-hybridized carbons (Fsp3) is 0.458. The van der Waals surface area contributed by atoms with E-state index in [0.717, 1.165) is 12.8 Å². The van der Waals surface area contributed by atoms with Crippen LogP contribution in [0.15, 0.2) is 36.9 Å². The number of carbonyl (C=O) groups is 1. The van der Waals surface area contributed by atoms with Crippen LogP contribution in [0.1, 0.15) is 54.1 Å². The van der Waals surface area contributed by atoms with Gasteiger partial charge in [0.2, 0.25) is 15.9 Å². The fourth-order valence-corrected chi connectivity index (χ4v) is 6.33. The molecule has 196 valence electrons. The number of hydrogen-bond donors (Lipinski definition) is 2. The van der Waals surface area contributed by atoms with Crippen LogP contribution >= 0.6 is 11.3 Å². The van der Waals surface area contributed by atoms with Gasteiger partial charge in [-0.3, -0.25) is 19.5 Å². The minimum atomic E-state index is -3.42. The second-order valence-electron chi connectivity index (χ2n) is 8.92. The largest absolute Gasteiger partial charge is 0.477 e. The van der Waals surface area contributed by atoms with E-state index in [4.69, 9.17) is 9.47 Å². The molecule has 37 heavy (non-hydrogen) atoms. The molecule has 4 heterocycles. The SMILES string of the molecule is CCOc1cncc(-c2cnc(C(=O)NC(c3cc(NS(=O)(=O)C4CC4)ccn3)C3CCOCC3)s2)n1. The molecule has 1 unspecified atom stereocenters. The monoisotopic (exact) mass is 544 g/mol. The number of nitrogens with one attached hydrogen (secondary N) is 2. The van der Waals surface area contributed by atoms with Crippen LogP contribution in [0, 0.1) is 5.92 Å². The highest BCUT2D eigenvalue weighted by Crippen LogP contribution is 2.33. The molecule has 11 nitrogen and oxygen atoms in total. The van der Waals surface area contributed by atoms with Gasteiger partial charge in [0.1, 0.15) is 5.69 Å². The summed E-state index contributed by atoms with van der Waals surface area (Å²) in [6.45, 7) is 3.51. The van der Waals surface area contributed by atoms with Crippen molar-refractivity contribution in [3.05, 3.63) is 47.6 Å². The number of aromatic nitrogens is 4. The number of ether oxygens (including phenoxy) is 2. The van der Waals surface area contributed by atoms with E-state index in [0.29, 0.717) is 60.5 Å². The smallest absolute Gasteiger partial charge is 0.280 e. The number of carbonyl (C=O) groups excluding carboxylic acids is 1. The van der Waals surface area contributed by atoms with Crippen LogP contribution in [-0.4, -0.2) is 59.3 Å². The Labute approximate surface area is 219 Å². The van der Waals surface area contributed by atoms with E-state index >= 15 is 0 Å². The summed E-state index contributed by atoms with van der Waals surface area (Å²) in [6, 6.07) is 2.88. The lowest BCUT2D eigenvalue weighted by Gasteiger charge is -2.30. The van der Waals surface area contributed by atoms with E-state index in [1.54, 1.807) is 30.7 Å². The minimum Gasteiger partial charge on any atom is -0.477 e. The molecule has 1 saturated heterocycles. The quantitative estimate of drug-likeness (QED) is 0.393. The Hall–Kier alpha value is -3.16. The average molecular weight is 545 g/mol. The number of nitrogens with zero attached hydrogens (tertiary/aromatic N) is 4. The van der Waals surface area contributed by atoms with Gasteiger partial charge in [0.05, 0.1) is 46.6 Å². The van der Waals surface area contributed by atoms with Gasteiger partial charge in [-0.05, 0) is 50.7 Å². The van der Waals surface area contributed by atoms with Gasteiger partial charge in [0.25, 0.3) is 5.91 Å². The Bertz CT molecular complexity index is 1350. The van der Waals surface area contributed by atoms with E-state index in [-0.39, 0.29) is 22.1 Å². The third kappa shape index (κ3) is 6.22. The van der Waals surface area contributed by atoms with Crippen molar-refractivity contribution >= 4 is 33.0 Å². The molecule has 13 heteroatoms. The Balaban J connectivity index is 1.36. The van der Waals surface area contributed by atoms with Crippen LogP contribution < -0.4 is 14.8 Å². The number of rotatable bonds is 10. The maximum atomic E-state index is 13.3. The number of anilines is 1. The molecule has 2 aliphatic rings. The van der Waals surface area contributed by atoms with Crippen LogP contribution in [-0.2, 0) is 14.8 Å². The van der Waals surface area contributed by atoms with Crippen LogP contribution in [0.25, 0.3) is 10.6 Å². The van der Waals surface area contributed by atoms with Crippen molar-refractivity contribution in [3.8, 4) is 16.5 Å². The lowest BCUT2D eigenvalue weighted by atomic mass is 9.89. The Morgan fingerprint density at radius 3 is 2.76 bits per heavy atom. The summed E-state index contributed by atoms with van der Waals surface area (Å²) in [5.74, 6) is 0.142. The highest BCUT2D eigenvalue weighted by atomic mass is 32.2. The minimum absolute atomic E-state index is 0.0775. The van der Waals surface area contributed by atoms with Crippen LogP contribution in [0.4, 0.5) is 5.69 Å². The van der Waals surface area contributed by atoms with E-state index in [1.807, 2.05) is 6.92 Å². The first kappa shape index (κ1) is 25.5.